The van der Waals surface area contributed by atoms with Crippen molar-refractivity contribution in [3.05, 3.63) is 72.9 Å². The zero-order valence-corrected chi connectivity index (χ0v) is 17.4. The second-order valence-electron chi connectivity index (χ2n) is 7.69. The van der Waals surface area contributed by atoms with Crippen LogP contribution in [0.1, 0.15) is 6.92 Å². The van der Waals surface area contributed by atoms with E-state index in [1.165, 1.54) is 0 Å². The maximum absolute atomic E-state index is 11.6. The quantitative estimate of drug-likeness (QED) is 0.511. The minimum absolute atomic E-state index is 0.113. The first-order valence-corrected chi connectivity index (χ1v) is 10.5. The van der Waals surface area contributed by atoms with Crippen LogP contribution in [-0.2, 0) is 4.79 Å². The van der Waals surface area contributed by atoms with E-state index in [1.807, 2.05) is 47.5 Å². The Morgan fingerprint density at radius 1 is 0.839 bits per heavy atom. The van der Waals surface area contributed by atoms with E-state index in [-0.39, 0.29) is 5.91 Å². The summed E-state index contributed by atoms with van der Waals surface area (Å²) in [5.41, 5.74) is 4.81. The number of rotatable bonds is 3. The minimum Gasteiger partial charge on any atom is -0.339 e. The number of aromatic nitrogens is 3. The zero-order chi connectivity index (χ0) is 21.2. The predicted molar refractivity (Wildman–Crippen MR) is 123 cm³/mol. The molecule has 3 heterocycles. The van der Waals surface area contributed by atoms with E-state index in [4.69, 9.17) is 9.97 Å². The molecule has 2 aromatic heterocycles. The third kappa shape index (κ3) is 3.84. The molecule has 0 unspecified atom stereocenters. The highest BCUT2D eigenvalue weighted by Crippen LogP contribution is 2.33. The molecule has 1 aliphatic rings. The van der Waals surface area contributed by atoms with E-state index >= 15 is 0 Å². The van der Waals surface area contributed by atoms with Crippen molar-refractivity contribution in [2.75, 3.05) is 31.1 Å². The van der Waals surface area contributed by atoms with Gasteiger partial charge >= 0.3 is 0 Å². The molecular formula is C25H23N5O. The Bertz CT molecular complexity index is 1220. The van der Waals surface area contributed by atoms with E-state index in [9.17, 15) is 4.79 Å². The van der Waals surface area contributed by atoms with E-state index in [0.717, 1.165) is 40.9 Å². The van der Waals surface area contributed by atoms with Gasteiger partial charge in [-0.15, -0.1) is 0 Å². The van der Waals surface area contributed by atoms with E-state index in [2.05, 4.69) is 40.2 Å². The molecule has 154 valence electrons. The summed E-state index contributed by atoms with van der Waals surface area (Å²) in [6.45, 7) is 4.43. The summed E-state index contributed by atoms with van der Waals surface area (Å²) >= 11 is 0. The van der Waals surface area contributed by atoms with Gasteiger partial charge in [-0.2, -0.15) is 4.98 Å². The molecule has 1 fully saturated rings. The number of pyridine rings is 1. The molecule has 0 atom stereocenters. The Labute approximate surface area is 181 Å². The molecule has 2 aromatic carbocycles. The smallest absolute Gasteiger partial charge is 0.227 e. The van der Waals surface area contributed by atoms with E-state index in [0.29, 0.717) is 24.7 Å². The van der Waals surface area contributed by atoms with Crippen LogP contribution in [0.2, 0.25) is 0 Å². The van der Waals surface area contributed by atoms with Crippen molar-refractivity contribution in [1.82, 2.24) is 19.9 Å². The van der Waals surface area contributed by atoms with Gasteiger partial charge in [-0.05, 0) is 11.6 Å². The number of fused-ring (bicyclic) bond motifs is 1. The number of amides is 1. The van der Waals surface area contributed by atoms with Gasteiger partial charge in [0, 0.05) is 55.8 Å². The summed E-state index contributed by atoms with van der Waals surface area (Å²) in [5, 5.41) is 0.907. The lowest BCUT2D eigenvalue weighted by Gasteiger charge is -2.34. The Morgan fingerprint density at radius 3 is 2.13 bits per heavy atom. The highest BCUT2D eigenvalue weighted by Gasteiger charge is 2.21. The van der Waals surface area contributed by atoms with E-state index in [1.54, 1.807) is 6.92 Å². The summed E-state index contributed by atoms with van der Waals surface area (Å²) in [7, 11) is 0. The topological polar surface area (TPSA) is 62.2 Å². The van der Waals surface area contributed by atoms with Crippen molar-refractivity contribution in [2.45, 2.75) is 6.92 Å². The molecule has 0 aliphatic carbocycles. The molecule has 31 heavy (non-hydrogen) atoms. The molecule has 1 amide bonds. The fraction of sp³-hybridized carbons (Fsp3) is 0.200. The lowest BCUT2D eigenvalue weighted by molar-refractivity contribution is -0.129. The van der Waals surface area contributed by atoms with Gasteiger partial charge < -0.3 is 9.80 Å². The van der Waals surface area contributed by atoms with Gasteiger partial charge in [0.25, 0.3) is 0 Å². The van der Waals surface area contributed by atoms with E-state index < -0.39 is 0 Å². The Balaban J connectivity index is 1.57. The molecule has 0 N–H and O–H groups in total. The molecule has 0 saturated carbocycles. The van der Waals surface area contributed by atoms with Crippen LogP contribution in [0.15, 0.2) is 72.9 Å². The molecule has 6 nitrogen and oxygen atoms in total. The van der Waals surface area contributed by atoms with Gasteiger partial charge in [-0.1, -0.05) is 60.7 Å². The molecule has 0 bridgehead atoms. The molecule has 5 rings (SSSR count). The maximum atomic E-state index is 11.6. The van der Waals surface area contributed by atoms with Crippen molar-refractivity contribution in [3.8, 4) is 22.4 Å². The summed E-state index contributed by atoms with van der Waals surface area (Å²) in [4.78, 5) is 30.0. The number of benzene rings is 2. The largest absolute Gasteiger partial charge is 0.339 e. The van der Waals surface area contributed by atoms with Gasteiger partial charge in [0.15, 0.2) is 5.65 Å². The van der Waals surface area contributed by atoms with Gasteiger partial charge in [-0.25, -0.2) is 9.97 Å². The third-order valence-electron chi connectivity index (χ3n) is 5.70. The van der Waals surface area contributed by atoms with Crippen molar-refractivity contribution < 1.29 is 4.79 Å². The first-order valence-electron chi connectivity index (χ1n) is 10.5. The lowest BCUT2D eigenvalue weighted by atomic mass is 9.98. The Morgan fingerprint density at radius 2 is 1.48 bits per heavy atom. The average molecular weight is 409 g/mol. The molecular weight excluding hydrogens is 386 g/mol. The number of anilines is 1. The normalized spacial score (nSPS) is 14.1. The number of piperazine rings is 1. The third-order valence-corrected chi connectivity index (χ3v) is 5.70. The SMILES string of the molecule is CC(=O)N1CCN(c2ncc3cc(-c4ccccc4)c(-c4ccccc4)nc3n2)CC1. The fourth-order valence-electron chi connectivity index (χ4n) is 3.98. The summed E-state index contributed by atoms with van der Waals surface area (Å²) < 4.78 is 0. The predicted octanol–water partition coefficient (Wildman–Crippen LogP) is 4.03. The van der Waals surface area contributed by atoms with Gasteiger partial charge in [0.1, 0.15) is 0 Å². The van der Waals surface area contributed by atoms with Crippen LogP contribution in [0.25, 0.3) is 33.4 Å². The minimum atomic E-state index is 0.113. The van der Waals surface area contributed by atoms with Crippen LogP contribution in [0.3, 0.4) is 0 Å². The van der Waals surface area contributed by atoms with Crippen LogP contribution >= 0.6 is 0 Å². The molecule has 0 spiro atoms. The van der Waals surface area contributed by atoms with Gasteiger partial charge in [0.2, 0.25) is 11.9 Å². The number of hydrogen-bond acceptors (Lipinski definition) is 5. The van der Waals surface area contributed by atoms with Crippen LogP contribution < -0.4 is 4.90 Å². The summed E-state index contributed by atoms with van der Waals surface area (Å²) in [5.74, 6) is 0.774. The van der Waals surface area contributed by atoms with Crippen molar-refractivity contribution in [2.24, 2.45) is 0 Å². The van der Waals surface area contributed by atoms with Crippen molar-refractivity contribution >= 4 is 22.9 Å². The first kappa shape index (κ1) is 19.2. The number of hydrogen-bond donors (Lipinski definition) is 0. The van der Waals surface area contributed by atoms with Crippen LogP contribution in [0.5, 0.6) is 0 Å². The molecule has 4 aromatic rings. The van der Waals surface area contributed by atoms with Gasteiger partial charge in [0.05, 0.1) is 5.69 Å². The summed E-state index contributed by atoms with van der Waals surface area (Å²) in [6.07, 6.45) is 1.85. The standard InChI is InChI=1S/C25H23N5O/c1-18(31)29-12-14-30(15-13-29)25-26-17-21-16-22(19-8-4-2-5-9-19)23(27-24(21)28-25)20-10-6-3-7-11-20/h2-11,16-17H,12-15H2,1H3. The van der Waals surface area contributed by atoms with Gasteiger partial charge in [-0.3, -0.25) is 4.79 Å². The highest BCUT2D eigenvalue weighted by atomic mass is 16.2. The second kappa shape index (κ2) is 8.14. The number of nitrogens with zero attached hydrogens (tertiary/aromatic N) is 5. The zero-order valence-electron chi connectivity index (χ0n) is 17.4. The fourth-order valence-corrected chi connectivity index (χ4v) is 3.98. The van der Waals surface area contributed by atoms with Crippen molar-refractivity contribution in [3.63, 3.8) is 0 Å². The lowest BCUT2D eigenvalue weighted by Crippen LogP contribution is -2.48. The summed E-state index contributed by atoms with van der Waals surface area (Å²) in [6, 6.07) is 22.6. The maximum Gasteiger partial charge on any atom is 0.227 e. The highest BCUT2D eigenvalue weighted by molar-refractivity contribution is 5.90. The average Bonchev–Trinajstić information content (AvgIpc) is 2.84. The Hall–Kier alpha value is -3.80. The van der Waals surface area contributed by atoms with Crippen LogP contribution in [-0.4, -0.2) is 51.9 Å². The second-order valence-corrected chi connectivity index (χ2v) is 7.69. The number of carbonyl (C=O) groups is 1. The monoisotopic (exact) mass is 409 g/mol. The Kier molecular flexibility index (Phi) is 5.04. The first-order chi connectivity index (χ1) is 15.2. The number of carbonyl (C=O) groups excluding carboxylic acids is 1. The molecule has 6 heteroatoms. The van der Waals surface area contributed by atoms with Crippen molar-refractivity contribution in [1.29, 1.82) is 0 Å². The van der Waals surface area contributed by atoms with Crippen LogP contribution in [0, 0.1) is 0 Å². The molecule has 1 saturated heterocycles. The van der Waals surface area contributed by atoms with Crippen LogP contribution in [0.4, 0.5) is 5.95 Å². The molecule has 1 aliphatic heterocycles. The molecule has 0 radical (unpaired) electrons.